The van der Waals surface area contributed by atoms with Gasteiger partial charge in [0.15, 0.2) is 0 Å². The first-order valence-corrected chi connectivity index (χ1v) is 19.3. The van der Waals surface area contributed by atoms with E-state index in [1.807, 2.05) is 0 Å². The molecule has 0 radical (unpaired) electrons. The molecule has 0 saturated heterocycles. The van der Waals surface area contributed by atoms with Crippen molar-refractivity contribution in [3.63, 3.8) is 0 Å². The molecule has 8 heteroatoms. The summed E-state index contributed by atoms with van der Waals surface area (Å²) in [4.78, 5) is 0. The van der Waals surface area contributed by atoms with Crippen LogP contribution < -0.4 is 11.5 Å². The van der Waals surface area contributed by atoms with Gasteiger partial charge in [0, 0.05) is 32.0 Å². The van der Waals surface area contributed by atoms with Crippen molar-refractivity contribution in [2.24, 2.45) is 11.5 Å². The average Bonchev–Trinajstić information content (AvgIpc) is 2.76. The highest BCUT2D eigenvalue weighted by atomic mass is 28.4. The highest BCUT2D eigenvalue weighted by Crippen LogP contribution is 2.30. The van der Waals surface area contributed by atoms with Gasteiger partial charge in [-0.25, -0.2) is 0 Å². The Labute approximate surface area is 214 Å². The van der Waals surface area contributed by atoms with E-state index in [9.17, 15) is 0 Å². The van der Waals surface area contributed by atoms with Gasteiger partial charge in [-0.05, 0) is 97.9 Å². The van der Waals surface area contributed by atoms with Gasteiger partial charge in [-0.15, -0.1) is 0 Å². The average molecular weight is 521 g/mol. The smallest absolute Gasteiger partial charge is 0.334 e. The maximum absolute atomic E-state index is 7.09. The molecule has 0 aliphatic heterocycles. The van der Waals surface area contributed by atoms with E-state index < -0.39 is 17.1 Å². The van der Waals surface area contributed by atoms with Crippen LogP contribution in [-0.4, -0.2) is 55.6 Å². The molecular weight excluding hydrogens is 460 g/mol. The minimum Gasteiger partial charge on any atom is -0.395 e. The minimum absolute atomic E-state index is 0.124. The van der Waals surface area contributed by atoms with Crippen molar-refractivity contribution >= 4 is 17.1 Å². The molecule has 0 unspecified atom stereocenters. The van der Waals surface area contributed by atoms with Gasteiger partial charge in [0.25, 0.3) is 0 Å². The van der Waals surface area contributed by atoms with Gasteiger partial charge in [0.2, 0.25) is 0 Å². The molecular formula is C26H60N2O4Si2. The lowest BCUT2D eigenvalue weighted by molar-refractivity contribution is 0.185. The van der Waals surface area contributed by atoms with E-state index in [-0.39, 0.29) is 5.54 Å². The van der Waals surface area contributed by atoms with E-state index >= 15 is 0 Å². The standard InChI is InChI=1S/C26H60N2O4Si2/c1-7-29-33(5,30-8-2)24-18-21-26(28,20-16-14-12-11-13-15-17-23-27)22-19-25-34(6,31-9-3)32-10-4/h7-25,27-28H2,1-6H3. The van der Waals surface area contributed by atoms with Gasteiger partial charge in [-0.1, -0.05) is 38.5 Å². The Balaban J connectivity index is 4.82. The summed E-state index contributed by atoms with van der Waals surface area (Å²) in [5, 5.41) is 0. The van der Waals surface area contributed by atoms with Crippen molar-refractivity contribution in [2.75, 3.05) is 33.0 Å². The first-order valence-electron chi connectivity index (χ1n) is 14.3. The van der Waals surface area contributed by atoms with E-state index in [1.165, 1.54) is 38.5 Å². The maximum Gasteiger partial charge on any atom is 0.334 e. The highest BCUT2D eigenvalue weighted by molar-refractivity contribution is 6.66. The molecule has 0 rings (SSSR count). The molecule has 0 heterocycles. The fraction of sp³-hybridized carbons (Fsp3) is 1.00. The van der Waals surface area contributed by atoms with Crippen LogP contribution in [0.1, 0.15) is 105 Å². The van der Waals surface area contributed by atoms with Crippen molar-refractivity contribution in [1.82, 2.24) is 0 Å². The number of unbranched alkanes of at least 4 members (excludes halogenated alkanes) is 6. The summed E-state index contributed by atoms with van der Waals surface area (Å²) in [6, 6.07) is 2.03. The summed E-state index contributed by atoms with van der Waals surface area (Å²) in [7, 11) is -4.18. The maximum atomic E-state index is 7.09. The zero-order valence-corrected chi connectivity index (χ0v) is 25.7. The molecule has 206 valence electrons. The van der Waals surface area contributed by atoms with Crippen molar-refractivity contribution in [2.45, 2.75) is 135 Å². The Kier molecular flexibility index (Phi) is 20.4. The zero-order chi connectivity index (χ0) is 25.8. The molecule has 0 aliphatic carbocycles. The summed E-state index contributed by atoms with van der Waals surface area (Å²) in [5.74, 6) is 0. The molecule has 0 aromatic rings. The van der Waals surface area contributed by atoms with Crippen LogP contribution in [0, 0.1) is 0 Å². The molecule has 0 fully saturated rings. The van der Waals surface area contributed by atoms with E-state index in [2.05, 4.69) is 40.8 Å². The number of rotatable bonds is 25. The lowest BCUT2D eigenvalue weighted by Gasteiger charge is -2.33. The Morgan fingerprint density at radius 3 is 1.21 bits per heavy atom. The Morgan fingerprint density at radius 1 is 0.529 bits per heavy atom. The van der Waals surface area contributed by atoms with Gasteiger partial charge in [0.1, 0.15) is 0 Å². The molecule has 0 saturated carbocycles. The lowest BCUT2D eigenvalue weighted by atomic mass is 9.84. The first kappa shape index (κ1) is 34.2. The number of hydrogen-bond acceptors (Lipinski definition) is 6. The zero-order valence-electron chi connectivity index (χ0n) is 23.7. The summed E-state index contributed by atoms with van der Waals surface area (Å²) >= 11 is 0. The summed E-state index contributed by atoms with van der Waals surface area (Å²) in [5.41, 5.74) is 12.6. The van der Waals surface area contributed by atoms with Gasteiger partial charge in [-0.2, -0.15) is 0 Å². The van der Waals surface area contributed by atoms with Gasteiger partial charge in [0.05, 0.1) is 0 Å². The molecule has 0 bridgehead atoms. The second-order valence-corrected chi connectivity index (χ2v) is 16.8. The highest BCUT2D eigenvalue weighted by Gasteiger charge is 2.34. The van der Waals surface area contributed by atoms with Crippen LogP contribution in [-0.2, 0) is 17.7 Å². The van der Waals surface area contributed by atoms with Crippen molar-refractivity contribution < 1.29 is 17.7 Å². The predicted molar refractivity (Wildman–Crippen MR) is 151 cm³/mol. The van der Waals surface area contributed by atoms with Crippen LogP contribution in [0.5, 0.6) is 0 Å². The van der Waals surface area contributed by atoms with E-state index in [4.69, 9.17) is 29.2 Å². The second-order valence-electron chi connectivity index (χ2n) is 10.1. The molecule has 0 aromatic heterocycles. The second kappa shape index (κ2) is 20.3. The van der Waals surface area contributed by atoms with Crippen molar-refractivity contribution in [3.05, 3.63) is 0 Å². The van der Waals surface area contributed by atoms with Crippen LogP contribution in [0.15, 0.2) is 0 Å². The van der Waals surface area contributed by atoms with E-state index in [0.717, 1.165) is 83.6 Å². The van der Waals surface area contributed by atoms with E-state index in [1.54, 1.807) is 0 Å². The number of hydrogen-bond donors (Lipinski definition) is 2. The molecule has 34 heavy (non-hydrogen) atoms. The third-order valence-electron chi connectivity index (χ3n) is 6.79. The van der Waals surface area contributed by atoms with Crippen LogP contribution >= 0.6 is 0 Å². The fourth-order valence-electron chi connectivity index (χ4n) is 5.00. The van der Waals surface area contributed by atoms with E-state index in [0.29, 0.717) is 0 Å². The van der Waals surface area contributed by atoms with Gasteiger partial charge < -0.3 is 29.2 Å². The van der Waals surface area contributed by atoms with Gasteiger partial charge >= 0.3 is 17.1 Å². The molecule has 4 N–H and O–H groups in total. The van der Waals surface area contributed by atoms with Gasteiger partial charge in [-0.3, -0.25) is 0 Å². The quantitative estimate of drug-likeness (QED) is 0.104. The summed E-state index contributed by atoms with van der Waals surface area (Å²) < 4.78 is 24.2. The molecule has 0 aromatic carbocycles. The summed E-state index contributed by atoms with van der Waals surface area (Å²) in [6.07, 6.45) is 14.2. The number of nitrogens with two attached hydrogens (primary N) is 2. The third kappa shape index (κ3) is 16.8. The first-order chi connectivity index (χ1) is 16.2. The van der Waals surface area contributed by atoms with Crippen LogP contribution in [0.3, 0.4) is 0 Å². The Morgan fingerprint density at radius 2 is 0.853 bits per heavy atom. The van der Waals surface area contributed by atoms with Crippen LogP contribution in [0.4, 0.5) is 0 Å². The lowest BCUT2D eigenvalue weighted by Crippen LogP contribution is -2.43. The molecule has 0 atom stereocenters. The topological polar surface area (TPSA) is 89.0 Å². The Bertz CT molecular complexity index is 432. The largest absolute Gasteiger partial charge is 0.395 e. The van der Waals surface area contributed by atoms with Crippen LogP contribution in [0.2, 0.25) is 25.2 Å². The predicted octanol–water partition coefficient (Wildman–Crippen LogP) is 6.61. The molecule has 0 aliphatic rings. The monoisotopic (exact) mass is 520 g/mol. The molecule has 0 spiro atoms. The molecule has 0 amide bonds. The SMILES string of the molecule is CCO[Si](C)(CCCC(N)(CCCCCCCCCN)CCC[Si](C)(OCC)OCC)OCC. The Hall–Kier alpha value is 0.194. The van der Waals surface area contributed by atoms with Crippen LogP contribution in [0.25, 0.3) is 0 Å². The van der Waals surface area contributed by atoms with Crippen molar-refractivity contribution in [3.8, 4) is 0 Å². The normalized spacial score (nSPS) is 13.1. The third-order valence-corrected chi connectivity index (χ3v) is 12.9. The molecule has 6 nitrogen and oxygen atoms in total. The fourth-order valence-corrected chi connectivity index (χ4v) is 9.82. The summed E-state index contributed by atoms with van der Waals surface area (Å²) in [6.45, 7) is 16.3. The minimum atomic E-state index is -2.09. The van der Waals surface area contributed by atoms with Crippen molar-refractivity contribution in [1.29, 1.82) is 0 Å².